The molecule has 4 heteroatoms. The highest BCUT2D eigenvalue weighted by Gasteiger charge is 2.24. The maximum Gasteiger partial charge on any atom is 0.185 e. The molecule has 0 aliphatic heterocycles. The summed E-state index contributed by atoms with van der Waals surface area (Å²) in [5.74, 6) is 1.62. The first-order valence-electron chi connectivity index (χ1n) is 8.00. The number of thiazole rings is 1. The van der Waals surface area contributed by atoms with Crippen LogP contribution in [0.2, 0.25) is 0 Å². The summed E-state index contributed by atoms with van der Waals surface area (Å²) in [4.78, 5) is 8.67. The Labute approximate surface area is 127 Å². The van der Waals surface area contributed by atoms with Crippen LogP contribution in [0.3, 0.4) is 0 Å². The van der Waals surface area contributed by atoms with Crippen LogP contribution in [0.4, 0.5) is 5.13 Å². The number of hydrogen-bond acceptors (Lipinski definition) is 4. The van der Waals surface area contributed by atoms with E-state index in [-0.39, 0.29) is 0 Å². The number of nitrogens with one attached hydrogen (secondary N) is 1. The number of nitrogens with zero attached hydrogens (tertiary/aromatic N) is 2. The van der Waals surface area contributed by atoms with E-state index in [9.17, 15) is 0 Å². The first-order valence-corrected chi connectivity index (χ1v) is 8.82. The Morgan fingerprint density at radius 2 is 2.15 bits per heavy atom. The monoisotopic (exact) mass is 295 g/mol. The zero-order valence-electron chi connectivity index (χ0n) is 13.4. The Hall–Kier alpha value is -0.610. The van der Waals surface area contributed by atoms with E-state index in [1.165, 1.54) is 41.5 Å². The molecule has 114 valence electrons. The van der Waals surface area contributed by atoms with Gasteiger partial charge in [0.05, 0.1) is 5.69 Å². The van der Waals surface area contributed by atoms with Crippen molar-refractivity contribution in [2.75, 3.05) is 25.0 Å². The summed E-state index contributed by atoms with van der Waals surface area (Å²) in [6, 6.07) is 0. The van der Waals surface area contributed by atoms with Crippen LogP contribution in [0.15, 0.2) is 0 Å². The minimum absolute atomic E-state index is 0.703. The van der Waals surface area contributed by atoms with Crippen LogP contribution in [0.25, 0.3) is 0 Å². The van der Waals surface area contributed by atoms with Gasteiger partial charge in [-0.05, 0) is 37.6 Å². The second kappa shape index (κ2) is 7.41. The van der Waals surface area contributed by atoms with Crippen molar-refractivity contribution in [3.05, 3.63) is 10.6 Å². The molecule has 0 aromatic carbocycles. The predicted octanol–water partition coefficient (Wildman–Crippen LogP) is 3.69. The van der Waals surface area contributed by atoms with E-state index in [0.29, 0.717) is 5.92 Å². The molecule has 0 bridgehead atoms. The Morgan fingerprint density at radius 3 is 2.75 bits per heavy atom. The Bertz CT molecular complexity index is 410. The normalized spacial score (nSPS) is 15.1. The third-order valence-corrected chi connectivity index (χ3v) is 4.86. The molecule has 1 aliphatic carbocycles. The lowest BCUT2D eigenvalue weighted by Crippen LogP contribution is -2.19. The summed E-state index contributed by atoms with van der Waals surface area (Å²) in [6.45, 7) is 9.97. The van der Waals surface area contributed by atoms with E-state index in [0.717, 1.165) is 25.4 Å². The van der Waals surface area contributed by atoms with Gasteiger partial charge in [0.2, 0.25) is 0 Å². The summed E-state index contributed by atoms with van der Waals surface area (Å²) in [5, 5.41) is 4.77. The van der Waals surface area contributed by atoms with E-state index in [2.05, 4.69) is 38.0 Å². The molecule has 1 aromatic heterocycles. The average molecular weight is 295 g/mol. The Kier molecular flexibility index (Phi) is 5.85. The molecule has 0 saturated heterocycles. The minimum atomic E-state index is 0.703. The van der Waals surface area contributed by atoms with Crippen molar-refractivity contribution in [1.29, 1.82) is 0 Å². The summed E-state index contributed by atoms with van der Waals surface area (Å²) >= 11 is 1.88. The molecule has 1 aliphatic rings. The third-order valence-electron chi connectivity index (χ3n) is 3.65. The first kappa shape index (κ1) is 15.8. The van der Waals surface area contributed by atoms with Crippen LogP contribution in [0.1, 0.15) is 50.6 Å². The highest BCUT2D eigenvalue weighted by Crippen LogP contribution is 2.33. The molecule has 1 saturated carbocycles. The molecule has 0 spiro atoms. The molecule has 1 N–H and O–H groups in total. The second-order valence-electron chi connectivity index (χ2n) is 6.46. The van der Waals surface area contributed by atoms with E-state index in [4.69, 9.17) is 4.98 Å². The van der Waals surface area contributed by atoms with Crippen molar-refractivity contribution < 1.29 is 0 Å². The van der Waals surface area contributed by atoms with Gasteiger partial charge in [0.25, 0.3) is 0 Å². The molecule has 3 nitrogen and oxygen atoms in total. The maximum absolute atomic E-state index is 4.88. The fourth-order valence-electron chi connectivity index (χ4n) is 2.34. The zero-order chi connectivity index (χ0) is 14.5. The van der Waals surface area contributed by atoms with Gasteiger partial charge in [0, 0.05) is 25.0 Å². The van der Waals surface area contributed by atoms with E-state index in [1.807, 2.05) is 11.3 Å². The van der Waals surface area contributed by atoms with Gasteiger partial charge >= 0.3 is 0 Å². The molecular formula is C16H29N3S. The Morgan fingerprint density at radius 1 is 1.40 bits per heavy atom. The number of rotatable bonds is 9. The van der Waals surface area contributed by atoms with E-state index >= 15 is 0 Å². The number of anilines is 1. The van der Waals surface area contributed by atoms with Gasteiger partial charge in [-0.2, -0.15) is 0 Å². The number of hydrogen-bond donors (Lipinski definition) is 1. The van der Waals surface area contributed by atoms with Crippen LogP contribution in [0.5, 0.6) is 0 Å². The molecule has 0 unspecified atom stereocenters. The van der Waals surface area contributed by atoms with E-state index < -0.39 is 0 Å². The van der Waals surface area contributed by atoms with E-state index in [1.54, 1.807) is 0 Å². The molecule has 1 fully saturated rings. The second-order valence-corrected chi connectivity index (χ2v) is 7.53. The predicted molar refractivity (Wildman–Crippen MR) is 88.6 cm³/mol. The smallest absolute Gasteiger partial charge is 0.185 e. The van der Waals surface area contributed by atoms with Gasteiger partial charge in [-0.25, -0.2) is 4.98 Å². The van der Waals surface area contributed by atoms with Gasteiger partial charge < -0.3 is 10.2 Å². The average Bonchev–Trinajstić information content (AvgIpc) is 3.10. The molecular weight excluding hydrogens is 266 g/mol. The Balaban J connectivity index is 1.97. The fourth-order valence-corrected chi connectivity index (χ4v) is 3.39. The van der Waals surface area contributed by atoms with Gasteiger partial charge in [0.15, 0.2) is 5.13 Å². The first-order chi connectivity index (χ1) is 9.60. The SMILES string of the molecule is CCCc1nc(N(C)CC2CC2)sc1CNCC(C)C. The van der Waals surface area contributed by atoms with Gasteiger partial charge in [-0.3, -0.25) is 0 Å². The topological polar surface area (TPSA) is 28.2 Å². The molecule has 0 amide bonds. The van der Waals surface area contributed by atoms with Crippen LogP contribution in [0, 0.1) is 11.8 Å². The summed E-state index contributed by atoms with van der Waals surface area (Å²) in [7, 11) is 2.19. The quantitative estimate of drug-likeness (QED) is 0.753. The standard InChI is InChI=1S/C16H29N3S/c1-5-6-14-15(10-17-9-12(2)3)20-16(18-14)19(4)11-13-7-8-13/h12-13,17H,5-11H2,1-4H3. The highest BCUT2D eigenvalue weighted by molar-refractivity contribution is 7.15. The maximum atomic E-state index is 4.88. The van der Waals surface area contributed by atoms with Crippen molar-refractivity contribution in [3.63, 3.8) is 0 Å². The number of aromatic nitrogens is 1. The summed E-state index contributed by atoms with van der Waals surface area (Å²) < 4.78 is 0. The lowest BCUT2D eigenvalue weighted by molar-refractivity contribution is 0.553. The van der Waals surface area contributed by atoms with Crippen LogP contribution in [-0.2, 0) is 13.0 Å². The largest absolute Gasteiger partial charge is 0.351 e. The lowest BCUT2D eigenvalue weighted by atomic mass is 10.2. The summed E-state index contributed by atoms with van der Waals surface area (Å²) in [6.07, 6.45) is 5.08. The molecule has 1 aromatic rings. The van der Waals surface area contributed by atoms with Crippen LogP contribution < -0.4 is 10.2 Å². The lowest BCUT2D eigenvalue weighted by Gasteiger charge is -2.14. The van der Waals surface area contributed by atoms with Crippen molar-refractivity contribution in [1.82, 2.24) is 10.3 Å². The summed E-state index contributed by atoms with van der Waals surface area (Å²) in [5.41, 5.74) is 1.31. The van der Waals surface area contributed by atoms with Crippen molar-refractivity contribution in [2.24, 2.45) is 11.8 Å². The molecule has 2 rings (SSSR count). The minimum Gasteiger partial charge on any atom is -0.351 e. The molecule has 0 atom stereocenters. The van der Waals surface area contributed by atoms with Gasteiger partial charge in [0.1, 0.15) is 0 Å². The molecule has 1 heterocycles. The van der Waals surface area contributed by atoms with Crippen molar-refractivity contribution in [3.8, 4) is 0 Å². The molecule has 20 heavy (non-hydrogen) atoms. The van der Waals surface area contributed by atoms with Crippen molar-refractivity contribution in [2.45, 2.75) is 53.0 Å². The van der Waals surface area contributed by atoms with Crippen LogP contribution in [-0.4, -0.2) is 25.1 Å². The fraction of sp³-hybridized carbons (Fsp3) is 0.812. The van der Waals surface area contributed by atoms with Crippen LogP contribution >= 0.6 is 11.3 Å². The number of aryl methyl sites for hydroxylation is 1. The highest BCUT2D eigenvalue weighted by atomic mass is 32.1. The molecule has 0 radical (unpaired) electrons. The van der Waals surface area contributed by atoms with Crippen molar-refractivity contribution >= 4 is 16.5 Å². The zero-order valence-corrected chi connectivity index (χ0v) is 14.2. The van der Waals surface area contributed by atoms with Gasteiger partial charge in [-0.1, -0.05) is 27.2 Å². The third kappa shape index (κ3) is 4.74. The van der Waals surface area contributed by atoms with Gasteiger partial charge in [-0.15, -0.1) is 11.3 Å².